The number of hydrogen-bond acceptors (Lipinski definition) is 2. The zero-order valence-electron chi connectivity index (χ0n) is 10.5. The Morgan fingerprint density at radius 3 is 2.70 bits per heavy atom. The summed E-state index contributed by atoms with van der Waals surface area (Å²) in [5, 5.41) is 8.78. The molecule has 2 aromatic rings. The van der Waals surface area contributed by atoms with E-state index in [-0.39, 0.29) is 18.1 Å². The van der Waals surface area contributed by atoms with E-state index in [4.69, 9.17) is 21.4 Å². The van der Waals surface area contributed by atoms with Crippen LogP contribution in [0.1, 0.15) is 11.1 Å². The van der Waals surface area contributed by atoms with Gasteiger partial charge in [0.15, 0.2) is 0 Å². The Labute approximate surface area is 120 Å². The molecule has 0 bridgehead atoms. The van der Waals surface area contributed by atoms with E-state index in [1.807, 2.05) is 0 Å². The number of carboxylic acid groups (broad SMARTS) is 1. The van der Waals surface area contributed by atoms with Gasteiger partial charge < -0.3 is 9.84 Å². The number of ether oxygens (including phenoxy) is 1. The molecule has 2 aromatic carbocycles. The number of rotatable bonds is 5. The van der Waals surface area contributed by atoms with Crippen molar-refractivity contribution in [3.63, 3.8) is 0 Å². The summed E-state index contributed by atoms with van der Waals surface area (Å²) in [5.74, 6) is -0.810. The van der Waals surface area contributed by atoms with Crippen molar-refractivity contribution in [2.75, 3.05) is 0 Å². The summed E-state index contributed by atoms with van der Waals surface area (Å²) < 4.78 is 18.5. The largest absolute Gasteiger partial charge is 0.489 e. The van der Waals surface area contributed by atoms with Crippen LogP contribution >= 0.6 is 11.6 Å². The highest BCUT2D eigenvalue weighted by atomic mass is 35.5. The summed E-state index contributed by atoms with van der Waals surface area (Å²) in [7, 11) is 0. The summed E-state index contributed by atoms with van der Waals surface area (Å²) >= 11 is 5.68. The molecule has 0 aliphatic heterocycles. The van der Waals surface area contributed by atoms with E-state index < -0.39 is 11.8 Å². The summed E-state index contributed by atoms with van der Waals surface area (Å²) in [6.45, 7) is 0.233. The molecule has 0 aliphatic rings. The maximum absolute atomic E-state index is 13.0. The molecule has 0 amide bonds. The Hall–Kier alpha value is -2.07. The smallest absolute Gasteiger partial charge is 0.307 e. The van der Waals surface area contributed by atoms with Crippen LogP contribution in [0.2, 0.25) is 5.02 Å². The van der Waals surface area contributed by atoms with Crippen LogP contribution in [-0.4, -0.2) is 11.1 Å². The molecule has 0 saturated carbocycles. The minimum atomic E-state index is -0.896. The predicted molar refractivity (Wildman–Crippen MR) is 73.5 cm³/mol. The fraction of sp³-hybridized carbons (Fsp3) is 0.133. The van der Waals surface area contributed by atoms with E-state index in [0.29, 0.717) is 11.3 Å². The van der Waals surface area contributed by atoms with Crippen LogP contribution in [0, 0.1) is 5.82 Å². The summed E-state index contributed by atoms with van der Waals surface area (Å²) in [6.07, 6.45) is -0.0560. The van der Waals surface area contributed by atoms with Crippen LogP contribution in [-0.2, 0) is 17.8 Å². The van der Waals surface area contributed by atoms with Crippen molar-refractivity contribution in [1.82, 2.24) is 0 Å². The maximum Gasteiger partial charge on any atom is 0.307 e. The monoisotopic (exact) mass is 294 g/mol. The Balaban J connectivity index is 2.03. The highest BCUT2D eigenvalue weighted by Gasteiger charge is 2.04. The standard InChI is InChI=1S/C15H12ClFO3/c16-13-7-11(4-5-14(13)17)9-20-12-3-1-2-10(6-12)8-15(18)19/h1-7H,8-9H2,(H,18,19). The highest BCUT2D eigenvalue weighted by molar-refractivity contribution is 6.30. The lowest BCUT2D eigenvalue weighted by Gasteiger charge is -2.08. The van der Waals surface area contributed by atoms with Crippen molar-refractivity contribution in [1.29, 1.82) is 0 Å². The van der Waals surface area contributed by atoms with Gasteiger partial charge in [0.25, 0.3) is 0 Å². The van der Waals surface area contributed by atoms with Gasteiger partial charge in [0, 0.05) is 0 Å². The highest BCUT2D eigenvalue weighted by Crippen LogP contribution is 2.19. The van der Waals surface area contributed by atoms with Crippen LogP contribution in [0.5, 0.6) is 5.75 Å². The molecular formula is C15H12ClFO3. The van der Waals surface area contributed by atoms with Crippen molar-refractivity contribution in [3.05, 3.63) is 64.4 Å². The van der Waals surface area contributed by atoms with Gasteiger partial charge in [0.1, 0.15) is 18.2 Å². The van der Waals surface area contributed by atoms with Gasteiger partial charge in [-0.15, -0.1) is 0 Å². The summed E-state index contributed by atoms with van der Waals surface area (Å²) in [6, 6.07) is 11.2. The van der Waals surface area contributed by atoms with Gasteiger partial charge in [-0.1, -0.05) is 29.8 Å². The van der Waals surface area contributed by atoms with Gasteiger partial charge in [-0.3, -0.25) is 4.79 Å². The predicted octanol–water partition coefficient (Wildman–Crippen LogP) is 3.69. The lowest BCUT2D eigenvalue weighted by Crippen LogP contribution is -2.01. The molecule has 0 atom stereocenters. The molecule has 0 aromatic heterocycles. The molecule has 0 saturated heterocycles. The molecule has 20 heavy (non-hydrogen) atoms. The first-order valence-electron chi connectivity index (χ1n) is 5.92. The molecule has 1 N–H and O–H groups in total. The van der Waals surface area contributed by atoms with Crippen molar-refractivity contribution in [2.24, 2.45) is 0 Å². The average Bonchev–Trinajstić information content (AvgIpc) is 2.40. The molecule has 0 unspecified atom stereocenters. The Bertz CT molecular complexity index is 628. The molecule has 2 rings (SSSR count). The second-order valence-electron chi connectivity index (χ2n) is 4.26. The molecule has 5 heteroatoms. The van der Waals surface area contributed by atoms with Gasteiger partial charge in [-0.25, -0.2) is 4.39 Å². The van der Waals surface area contributed by atoms with Gasteiger partial charge in [-0.2, -0.15) is 0 Å². The van der Waals surface area contributed by atoms with E-state index in [2.05, 4.69) is 0 Å². The summed E-state index contributed by atoms with van der Waals surface area (Å²) in [5.41, 5.74) is 1.40. The molecule has 0 heterocycles. The lowest BCUT2D eigenvalue weighted by atomic mass is 10.1. The number of aliphatic carboxylic acids is 1. The number of benzene rings is 2. The molecule has 0 aliphatic carbocycles. The topological polar surface area (TPSA) is 46.5 Å². The number of carboxylic acids is 1. The van der Waals surface area contributed by atoms with E-state index >= 15 is 0 Å². The number of halogens is 2. The second-order valence-corrected chi connectivity index (χ2v) is 4.66. The van der Waals surface area contributed by atoms with Crippen molar-refractivity contribution in [2.45, 2.75) is 13.0 Å². The van der Waals surface area contributed by atoms with Gasteiger partial charge in [0.05, 0.1) is 11.4 Å². The Morgan fingerprint density at radius 2 is 2.00 bits per heavy atom. The van der Waals surface area contributed by atoms with E-state index in [1.54, 1.807) is 30.3 Å². The molecule has 0 radical (unpaired) electrons. The van der Waals surface area contributed by atoms with Crippen LogP contribution in [0.3, 0.4) is 0 Å². The lowest BCUT2D eigenvalue weighted by molar-refractivity contribution is -0.136. The maximum atomic E-state index is 13.0. The molecule has 0 spiro atoms. The quantitative estimate of drug-likeness (QED) is 0.915. The number of carbonyl (C=O) groups is 1. The minimum absolute atomic E-state index is 0.0470. The normalized spacial score (nSPS) is 10.3. The fourth-order valence-corrected chi connectivity index (χ4v) is 1.92. The third-order valence-electron chi connectivity index (χ3n) is 2.64. The van der Waals surface area contributed by atoms with Crippen molar-refractivity contribution >= 4 is 17.6 Å². The van der Waals surface area contributed by atoms with Crippen molar-refractivity contribution in [3.8, 4) is 5.75 Å². The molecule has 3 nitrogen and oxygen atoms in total. The molecule has 0 fully saturated rings. The van der Waals surface area contributed by atoms with E-state index in [1.165, 1.54) is 12.1 Å². The average molecular weight is 295 g/mol. The third-order valence-corrected chi connectivity index (χ3v) is 2.93. The Kier molecular flexibility index (Phi) is 4.58. The van der Waals surface area contributed by atoms with Gasteiger partial charge in [0.2, 0.25) is 0 Å². The first kappa shape index (κ1) is 14.3. The number of hydrogen-bond donors (Lipinski definition) is 1. The minimum Gasteiger partial charge on any atom is -0.489 e. The molecular weight excluding hydrogens is 283 g/mol. The Morgan fingerprint density at radius 1 is 1.20 bits per heavy atom. The van der Waals surface area contributed by atoms with Gasteiger partial charge >= 0.3 is 5.97 Å². The van der Waals surface area contributed by atoms with Crippen LogP contribution in [0.25, 0.3) is 0 Å². The zero-order valence-corrected chi connectivity index (χ0v) is 11.2. The van der Waals surface area contributed by atoms with Crippen LogP contribution in [0.15, 0.2) is 42.5 Å². The van der Waals surface area contributed by atoms with E-state index in [9.17, 15) is 9.18 Å². The zero-order chi connectivity index (χ0) is 14.5. The van der Waals surface area contributed by atoms with Crippen molar-refractivity contribution < 1.29 is 19.0 Å². The second kappa shape index (κ2) is 6.39. The van der Waals surface area contributed by atoms with Crippen LogP contribution < -0.4 is 4.74 Å². The SMILES string of the molecule is O=C(O)Cc1cccc(OCc2ccc(F)c(Cl)c2)c1. The van der Waals surface area contributed by atoms with E-state index in [0.717, 1.165) is 5.56 Å². The van der Waals surface area contributed by atoms with Crippen LogP contribution in [0.4, 0.5) is 4.39 Å². The molecule has 104 valence electrons. The van der Waals surface area contributed by atoms with Gasteiger partial charge in [-0.05, 0) is 35.4 Å². The fourth-order valence-electron chi connectivity index (χ4n) is 1.72. The first-order chi connectivity index (χ1) is 9.54. The summed E-state index contributed by atoms with van der Waals surface area (Å²) in [4.78, 5) is 10.6. The first-order valence-corrected chi connectivity index (χ1v) is 6.30. The third kappa shape index (κ3) is 3.96.